The number of esters is 1. The summed E-state index contributed by atoms with van der Waals surface area (Å²) < 4.78 is 6.00. The van der Waals surface area contributed by atoms with Gasteiger partial charge in [-0.3, -0.25) is 0 Å². The normalized spacial score (nSPS) is 11.4. The number of H-pyrrole nitrogens is 1. The van der Waals surface area contributed by atoms with Gasteiger partial charge in [-0.25, -0.2) is 4.79 Å². The lowest BCUT2D eigenvalue weighted by Crippen LogP contribution is -2.01. The molecule has 2 aromatic heterocycles. The molecule has 0 spiro atoms. The van der Waals surface area contributed by atoms with E-state index in [9.17, 15) is 4.79 Å². The molecule has 0 fully saturated rings. The van der Waals surface area contributed by atoms with Crippen LogP contribution in [0.25, 0.3) is 31.9 Å². The Hall–Kier alpha value is -2.33. The number of hydrogen-bond donors (Lipinski definition) is 1. The molecule has 0 atom stereocenters. The Kier molecular flexibility index (Phi) is 2.35. The van der Waals surface area contributed by atoms with E-state index < -0.39 is 0 Å². The van der Waals surface area contributed by atoms with Crippen molar-refractivity contribution < 1.29 is 9.53 Å². The first-order valence-electron chi connectivity index (χ1n) is 6.28. The second kappa shape index (κ2) is 4.08. The van der Waals surface area contributed by atoms with Gasteiger partial charge in [0, 0.05) is 21.7 Å². The van der Waals surface area contributed by atoms with Crippen molar-refractivity contribution in [2.24, 2.45) is 0 Å². The maximum atomic E-state index is 12.0. The third kappa shape index (κ3) is 1.42. The Morgan fingerprint density at radius 1 is 1.15 bits per heavy atom. The smallest absolute Gasteiger partial charge is 0.338 e. The van der Waals surface area contributed by atoms with Gasteiger partial charge < -0.3 is 9.72 Å². The second-order valence-corrected chi connectivity index (χ2v) is 5.59. The summed E-state index contributed by atoms with van der Waals surface area (Å²) in [7, 11) is 1.42. The molecule has 2 aromatic carbocycles. The van der Waals surface area contributed by atoms with Gasteiger partial charge >= 0.3 is 5.97 Å². The van der Waals surface area contributed by atoms with Crippen LogP contribution >= 0.6 is 11.3 Å². The molecule has 0 amide bonds. The summed E-state index contributed by atoms with van der Waals surface area (Å²) >= 11 is 1.64. The van der Waals surface area contributed by atoms with Gasteiger partial charge in [-0.1, -0.05) is 18.2 Å². The predicted octanol–water partition coefficient (Wildman–Crippen LogP) is 4.32. The number of fused-ring (bicyclic) bond motifs is 5. The fraction of sp³-hybridized carbons (Fsp3) is 0.0625. The molecule has 0 unspecified atom stereocenters. The number of carbonyl (C=O) groups is 1. The van der Waals surface area contributed by atoms with Crippen molar-refractivity contribution >= 4 is 49.2 Å². The van der Waals surface area contributed by atoms with Crippen molar-refractivity contribution in [2.45, 2.75) is 0 Å². The number of nitrogens with one attached hydrogen (secondary N) is 1. The quantitative estimate of drug-likeness (QED) is 0.528. The van der Waals surface area contributed by atoms with Crippen LogP contribution in [0.2, 0.25) is 0 Å². The summed E-state index contributed by atoms with van der Waals surface area (Å²) in [5.74, 6) is -0.291. The first kappa shape index (κ1) is 11.5. The molecule has 2 heterocycles. The van der Waals surface area contributed by atoms with Crippen LogP contribution in [0.5, 0.6) is 0 Å². The summed E-state index contributed by atoms with van der Waals surface area (Å²) in [6.45, 7) is 0. The number of ether oxygens (including phenoxy) is 1. The van der Waals surface area contributed by atoms with Crippen LogP contribution < -0.4 is 0 Å². The average molecular weight is 281 g/mol. The van der Waals surface area contributed by atoms with Crippen molar-refractivity contribution in [1.29, 1.82) is 0 Å². The molecular weight excluding hydrogens is 270 g/mol. The molecule has 0 bridgehead atoms. The summed E-state index contributed by atoms with van der Waals surface area (Å²) in [6, 6.07) is 12.0. The minimum absolute atomic E-state index is 0.291. The number of aromatic nitrogens is 1. The maximum absolute atomic E-state index is 12.0. The Morgan fingerprint density at radius 3 is 2.85 bits per heavy atom. The lowest BCUT2D eigenvalue weighted by Gasteiger charge is -2.02. The molecule has 4 aromatic rings. The minimum atomic E-state index is -0.291. The Labute approximate surface area is 118 Å². The molecule has 4 rings (SSSR count). The van der Waals surface area contributed by atoms with Crippen molar-refractivity contribution in [2.75, 3.05) is 7.11 Å². The minimum Gasteiger partial charge on any atom is -0.465 e. The van der Waals surface area contributed by atoms with Crippen molar-refractivity contribution in [3.8, 4) is 0 Å². The van der Waals surface area contributed by atoms with Crippen LogP contribution in [-0.4, -0.2) is 18.1 Å². The lowest BCUT2D eigenvalue weighted by molar-refractivity contribution is 0.0603. The molecular formula is C16H11NO2S. The highest BCUT2D eigenvalue weighted by Crippen LogP contribution is 2.36. The van der Waals surface area contributed by atoms with Gasteiger partial charge in [-0.2, -0.15) is 0 Å². The van der Waals surface area contributed by atoms with Gasteiger partial charge in [0.05, 0.1) is 22.9 Å². The number of para-hydroxylation sites is 1. The highest BCUT2D eigenvalue weighted by atomic mass is 32.1. The number of hydrogen-bond acceptors (Lipinski definition) is 3. The zero-order valence-corrected chi connectivity index (χ0v) is 11.6. The van der Waals surface area contributed by atoms with Crippen molar-refractivity contribution in [3.05, 3.63) is 47.3 Å². The first-order valence-corrected chi connectivity index (χ1v) is 7.16. The topological polar surface area (TPSA) is 42.1 Å². The van der Waals surface area contributed by atoms with E-state index in [2.05, 4.69) is 11.1 Å². The standard InChI is InChI=1S/C16H11NO2S/c1-19-16(18)12-8-11-9-4-2-3-5-13(9)17-14(11)15-10(12)6-7-20-15/h2-8,17H,1H3. The number of aromatic amines is 1. The fourth-order valence-corrected chi connectivity index (χ4v) is 3.63. The van der Waals surface area contributed by atoms with Crippen LogP contribution in [0.1, 0.15) is 10.4 Å². The zero-order valence-electron chi connectivity index (χ0n) is 10.8. The predicted molar refractivity (Wildman–Crippen MR) is 82.5 cm³/mol. The average Bonchev–Trinajstić information content (AvgIpc) is 3.09. The molecule has 1 N–H and O–H groups in total. The first-order chi connectivity index (χ1) is 9.79. The van der Waals surface area contributed by atoms with Crippen LogP contribution in [0.3, 0.4) is 0 Å². The number of methoxy groups -OCH3 is 1. The third-order valence-corrected chi connectivity index (χ3v) is 4.55. The number of rotatable bonds is 1. The van der Waals surface area contributed by atoms with Gasteiger partial charge in [0.25, 0.3) is 0 Å². The van der Waals surface area contributed by atoms with Crippen molar-refractivity contribution in [1.82, 2.24) is 4.98 Å². The number of benzene rings is 2. The Balaban J connectivity index is 2.25. The molecule has 98 valence electrons. The molecule has 0 aliphatic heterocycles. The van der Waals surface area contributed by atoms with E-state index in [4.69, 9.17) is 4.74 Å². The van der Waals surface area contributed by atoms with Gasteiger partial charge in [0.1, 0.15) is 0 Å². The molecule has 0 radical (unpaired) electrons. The monoisotopic (exact) mass is 281 g/mol. The zero-order chi connectivity index (χ0) is 13.7. The molecule has 4 heteroatoms. The Bertz CT molecular complexity index is 965. The van der Waals surface area contributed by atoms with E-state index in [1.54, 1.807) is 11.3 Å². The molecule has 0 aliphatic carbocycles. The summed E-state index contributed by atoms with van der Waals surface area (Å²) in [5.41, 5.74) is 2.80. The van der Waals surface area contributed by atoms with Crippen LogP contribution in [-0.2, 0) is 4.74 Å². The van der Waals surface area contributed by atoms with Crippen LogP contribution in [0, 0.1) is 0 Å². The molecule has 0 saturated heterocycles. The number of carbonyl (C=O) groups excluding carboxylic acids is 1. The largest absolute Gasteiger partial charge is 0.465 e. The van der Waals surface area contributed by atoms with E-state index in [-0.39, 0.29) is 5.97 Å². The van der Waals surface area contributed by atoms with Crippen LogP contribution in [0.15, 0.2) is 41.8 Å². The van der Waals surface area contributed by atoms with E-state index in [1.165, 1.54) is 7.11 Å². The van der Waals surface area contributed by atoms with Gasteiger partial charge in [-0.15, -0.1) is 11.3 Å². The summed E-state index contributed by atoms with van der Waals surface area (Å²) in [5, 5.41) is 5.14. The highest BCUT2D eigenvalue weighted by molar-refractivity contribution is 7.18. The SMILES string of the molecule is COC(=O)c1cc2c3ccccc3[nH]c2c2sccc12. The molecule has 20 heavy (non-hydrogen) atoms. The van der Waals surface area contributed by atoms with E-state index in [1.807, 2.05) is 35.7 Å². The fourth-order valence-electron chi connectivity index (χ4n) is 2.71. The molecule has 3 nitrogen and oxygen atoms in total. The van der Waals surface area contributed by atoms with E-state index >= 15 is 0 Å². The lowest BCUT2D eigenvalue weighted by atomic mass is 10.1. The Morgan fingerprint density at radius 2 is 2.00 bits per heavy atom. The van der Waals surface area contributed by atoms with Crippen molar-refractivity contribution in [3.63, 3.8) is 0 Å². The second-order valence-electron chi connectivity index (χ2n) is 4.67. The third-order valence-electron chi connectivity index (χ3n) is 3.62. The van der Waals surface area contributed by atoms with E-state index in [0.29, 0.717) is 5.56 Å². The highest BCUT2D eigenvalue weighted by Gasteiger charge is 2.16. The van der Waals surface area contributed by atoms with Gasteiger partial charge in [0.2, 0.25) is 0 Å². The van der Waals surface area contributed by atoms with Gasteiger partial charge in [-0.05, 0) is 23.6 Å². The number of thiophene rings is 1. The van der Waals surface area contributed by atoms with Crippen LogP contribution in [0.4, 0.5) is 0 Å². The summed E-state index contributed by atoms with van der Waals surface area (Å²) in [6.07, 6.45) is 0. The maximum Gasteiger partial charge on any atom is 0.338 e. The van der Waals surface area contributed by atoms with Gasteiger partial charge in [0.15, 0.2) is 0 Å². The van der Waals surface area contributed by atoms with E-state index in [0.717, 1.165) is 31.9 Å². The summed E-state index contributed by atoms with van der Waals surface area (Å²) in [4.78, 5) is 15.4. The molecule has 0 aliphatic rings. The molecule has 0 saturated carbocycles.